The van der Waals surface area contributed by atoms with E-state index in [0.29, 0.717) is 16.3 Å². The Morgan fingerprint density at radius 3 is 2.83 bits per heavy atom. The third kappa shape index (κ3) is 3.73. The molecule has 0 saturated carbocycles. The molecular formula is C18H13ClIN3O. The highest BCUT2D eigenvalue weighted by Gasteiger charge is 2.08. The lowest BCUT2D eigenvalue weighted by atomic mass is 10.1. The maximum Gasteiger partial charge on any atom is 0.272 e. The summed E-state index contributed by atoms with van der Waals surface area (Å²) in [5.74, 6) is -0.267. The Hall–Kier alpha value is -1.99. The smallest absolute Gasteiger partial charge is 0.267 e. The third-order valence-corrected chi connectivity index (χ3v) is 4.69. The van der Waals surface area contributed by atoms with Crippen molar-refractivity contribution in [3.05, 3.63) is 73.9 Å². The van der Waals surface area contributed by atoms with Gasteiger partial charge in [0, 0.05) is 14.5 Å². The van der Waals surface area contributed by atoms with Gasteiger partial charge in [0.15, 0.2) is 0 Å². The molecule has 0 saturated heterocycles. The number of aromatic nitrogens is 1. The second-order valence-corrected chi connectivity index (χ2v) is 6.76. The van der Waals surface area contributed by atoms with Crippen molar-refractivity contribution < 1.29 is 4.79 Å². The molecule has 2 aromatic carbocycles. The fraction of sp³-hybridized carbons (Fsp3) is 0.0556. The molecule has 6 heteroatoms. The minimum Gasteiger partial charge on any atom is -0.267 e. The van der Waals surface area contributed by atoms with E-state index in [-0.39, 0.29) is 5.91 Å². The number of nitrogens with one attached hydrogen (secondary N) is 1. The molecule has 0 bridgehead atoms. The number of amides is 1. The molecule has 0 aliphatic heterocycles. The Bertz CT molecular complexity index is 956. The van der Waals surface area contributed by atoms with Gasteiger partial charge in [-0.05, 0) is 59.3 Å². The predicted molar refractivity (Wildman–Crippen MR) is 106 cm³/mol. The van der Waals surface area contributed by atoms with E-state index in [1.165, 1.54) is 6.21 Å². The number of nitrogens with zero attached hydrogens (tertiary/aromatic N) is 2. The van der Waals surface area contributed by atoms with Crippen molar-refractivity contribution in [3.63, 3.8) is 0 Å². The van der Waals surface area contributed by atoms with Crippen LogP contribution in [0, 0.1) is 10.5 Å². The first kappa shape index (κ1) is 16.9. The summed E-state index contributed by atoms with van der Waals surface area (Å²) in [6, 6.07) is 15.2. The van der Waals surface area contributed by atoms with Gasteiger partial charge in [-0.2, -0.15) is 5.10 Å². The first-order chi connectivity index (χ1) is 11.5. The SMILES string of the molecule is Cc1ccc2cc(C=NNC(=O)c3ccccc3I)c(Cl)nc2c1. The van der Waals surface area contributed by atoms with Gasteiger partial charge in [0.2, 0.25) is 0 Å². The molecule has 0 fully saturated rings. The number of hydrogen-bond acceptors (Lipinski definition) is 3. The van der Waals surface area contributed by atoms with Crippen molar-refractivity contribution in [2.45, 2.75) is 6.92 Å². The molecule has 0 spiro atoms. The lowest BCUT2D eigenvalue weighted by Gasteiger charge is -2.04. The van der Waals surface area contributed by atoms with Crippen molar-refractivity contribution in [1.82, 2.24) is 10.4 Å². The van der Waals surface area contributed by atoms with Crippen molar-refractivity contribution in [2.75, 3.05) is 0 Å². The highest BCUT2D eigenvalue weighted by atomic mass is 127. The number of hydrazone groups is 1. The number of fused-ring (bicyclic) bond motifs is 1. The van der Waals surface area contributed by atoms with Gasteiger partial charge in [0.25, 0.3) is 5.91 Å². The first-order valence-corrected chi connectivity index (χ1v) is 8.65. The lowest BCUT2D eigenvalue weighted by Crippen LogP contribution is -2.18. The summed E-state index contributed by atoms with van der Waals surface area (Å²) in [5, 5.41) is 5.31. The maximum atomic E-state index is 12.1. The van der Waals surface area contributed by atoms with E-state index in [1.54, 1.807) is 6.07 Å². The van der Waals surface area contributed by atoms with E-state index >= 15 is 0 Å². The zero-order chi connectivity index (χ0) is 17.1. The highest BCUT2D eigenvalue weighted by Crippen LogP contribution is 2.20. The topological polar surface area (TPSA) is 54.4 Å². The van der Waals surface area contributed by atoms with Crippen molar-refractivity contribution in [2.24, 2.45) is 5.10 Å². The average molecular weight is 450 g/mol. The molecule has 3 aromatic rings. The fourth-order valence-electron chi connectivity index (χ4n) is 2.23. The van der Waals surface area contributed by atoms with Crippen LogP contribution in [0.3, 0.4) is 0 Å². The van der Waals surface area contributed by atoms with Crippen LogP contribution in [0.1, 0.15) is 21.5 Å². The van der Waals surface area contributed by atoms with E-state index in [0.717, 1.165) is 20.0 Å². The van der Waals surface area contributed by atoms with Crippen LogP contribution in [0.2, 0.25) is 5.15 Å². The van der Waals surface area contributed by atoms with Gasteiger partial charge in [-0.15, -0.1) is 0 Å². The van der Waals surface area contributed by atoms with Crippen LogP contribution in [0.4, 0.5) is 0 Å². The van der Waals surface area contributed by atoms with E-state index < -0.39 is 0 Å². The van der Waals surface area contributed by atoms with Gasteiger partial charge in [-0.25, -0.2) is 10.4 Å². The minimum atomic E-state index is -0.267. The third-order valence-electron chi connectivity index (χ3n) is 3.44. The van der Waals surface area contributed by atoms with Gasteiger partial charge in [-0.3, -0.25) is 4.79 Å². The molecule has 0 aliphatic rings. The van der Waals surface area contributed by atoms with E-state index in [2.05, 4.69) is 38.1 Å². The summed E-state index contributed by atoms with van der Waals surface area (Å²) in [4.78, 5) is 16.5. The van der Waals surface area contributed by atoms with Gasteiger partial charge in [-0.1, -0.05) is 35.9 Å². The van der Waals surface area contributed by atoms with Crippen LogP contribution in [-0.4, -0.2) is 17.1 Å². The molecule has 1 aromatic heterocycles. The predicted octanol–water partition coefficient (Wildman–Crippen LogP) is 4.57. The van der Waals surface area contributed by atoms with Crippen LogP contribution in [-0.2, 0) is 0 Å². The summed E-state index contributed by atoms with van der Waals surface area (Å²) in [6.07, 6.45) is 1.50. The van der Waals surface area contributed by atoms with Crippen LogP contribution >= 0.6 is 34.2 Å². The summed E-state index contributed by atoms with van der Waals surface area (Å²) in [6.45, 7) is 2.00. The minimum absolute atomic E-state index is 0.267. The summed E-state index contributed by atoms with van der Waals surface area (Å²) >= 11 is 8.31. The zero-order valence-corrected chi connectivity index (χ0v) is 15.7. The normalized spacial score (nSPS) is 11.1. The monoisotopic (exact) mass is 449 g/mol. The van der Waals surface area contributed by atoms with Gasteiger partial charge >= 0.3 is 0 Å². The molecule has 0 radical (unpaired) electrons. The Balaban J connectivity index is 1.80. The fourth-order valence-corrected chi connectivity index (χ4v) is 3.05. The molecule has 0 unspecified atom stereocenters. The van der Waals surface area contributed by atoms with Gasteiger partial charge in [0.05, 0.1) is 17.3 Å². The number of benzene rings is 2. The van der Waals surface area contributed by atoms with Crippen LogP contribution in [0.5, 0.6) is 0 Å². The van der Waals surface area contributed by atoms with E-state index in [1.807, 2.05) is 49.4 Å². The number of carbonyl (C=O) groups is 1. The van der Waals surface area contributed by atoms with Gasteiger partial charge in [0.1, 0.15) is 5.15 Å². The van der Waals surface area contributed by atoms with E-state index in [9.17, 15) is 4.79 Å². The summed E-state index contributed by atoms with van der Waals surface area (Å²) < 4.78 is 0.864. The lowest BCUT2D eigenvalue weighted by molar-refractivity contribution is 0.0954. The Labute approximate surface area is 158 Å². The second-order valence-electron chi connectivity index (χ2n) is 5.24. The molecule has 120 valence electrons. The number of hydrogen-bond donors (Lipinski definition) is 1. The van der Waals surface area contributed by atoms with Crippen molar-refractivity contribution in [3.8, 4) is 0 Å². The van der Waals surface area contributed by atoms with Crippen molar-refractivity contribution in [1.29, 1.82) is 0 Å². The quantitative estimate of drug-likeness (QED) is 0.276. The largest absolute Gasteiger partial charge is 0.272 e. The summed E-state index contributed by atoms with van der Waals surface area (Å²) in [7, 11) is 0. The summed E-state index contributed by atoms with van der Waals surface area (Å²) in [5.41, 5.74) is 5.69. The molecule has 1 N–H and O–H groups in total. The van der Waals surface area contributed by atoms with Crippen LogP contribution < -0.4 is 5.43 Å². The molecule has 24 heavy (non-hydrogen) atoms. The van der Waals surface area contributed by atoms with Crippen molar-refractivity contribution >= 4 is 57.2 Å². The van der Waals surface area contributed by atoms with Crippen LogP contribution in [0.15, 0.2) is 53.6 Å². The highest BCUT2D eigenvalue weighted by molar-refractivity contribution is 14.1. The number of halogens is 2. The van der Waals surface area contributed by atoms with Crippen LogP contribution in [0.25, 0.3) is 10.9 Å². The van der Waals surface area contributed by atoms with Gasteiger partial charge < -0.3 is 0 Å². The standard InChI is InChI=1S/C18H13ClIN3O/c1-11-6-7-12-9-13(17(19)22-16(12)8-11)10-21-23-18(24)14-4-2-3-5-15(14)20/h2-10H,1H3,(H,23,24). The Kier molecular flexibility index (Phi) is 5.11. The molecule has 1 amide bonds. The zero-order valence-electron chi connectivity index (χ0n) is 12.8. The number of pyridine rings is 1. The molecule has 1 heterocycles. The molecule has 3 rings (SSSR count). The number of rotatable bonds is 3. The number of aryl methyl sites for hydroxylation is 1. The first-order valence-electron chi connectivity index (χ1n) is 7.19. The second kappa shape index (κ2) is 7.27. The Morgan fingerprint density at radius 1 is 1.25 bits per heavy atom. The average Bonchev–Trinajstić information content (AvgIpc) is 2.55. The molecular weight excluding hydrogens is 437 g/mol. The molecule has 0 aliphatic carbocycles. The van der Waals surface area contributed by atoms with E-state index in [4.69, 9.17) is 11.6 Å². The number of carbonyl (C=O) groups excluding carboxylic acids is 1. The molecule has 0 atom stereocenters. The molecule has 4 nitrogen and oxygen atoms in total. The maximum absolute atomic E-state index is 12.1. The Morgan fingerprint density at radius 2 is 2.04 bits per heavy atom.